The molecule has 0 bridgehead atoms. The van der Waals surface area contributed by atoms with Crippen molar-refractivity contribution in [3.8, 4) is 0 Å². The minimum atomic E-state index is 0.452. The average molecular weight is 193 g/mol. The molecule has 78 valence electrons. The highest BCUT2D eigenvalue weighted by atomic mass is 15.2. The zero-order valence-corrected chi connectivity index (χ0v) is 9.41. The zero-order valence-electron chi connectivity index (χ0n) is 9.41. The number of rotatable bonds is 3. The van der Waals surface area contributed by atoms with Crippen LogP contribution in [0.2, 0.25) is 0 Å². The number of hydrogen-bond donors (Lipinski definition) is 1. The van der Waals surface area contributed by atoms with Crippen molar-refractivity contribution >= 4 is 5.95 Å². The Morgan fingerprint density at radius 1 is 1.57 bits per heavy atom. The second-order valence-corrected chi connectivity index (χ2v) is 5.14. The number of aromatic nitrogens is 2. The highest BCUT2D eigenvalue weighted by Gasteiger charge is 2.46. The van der Waals surface area contributed by atoms with Gasteiger partial charge in [0.05, 0.1) is 0 Å². The van der Waals surface area contributed by atoms with Crippen molar-refractivity contribution in [1.29, 1.82) is 0 Å². The van der Waals surface area contributed by atoms with Crippen LogP contribution in [0, 0.1) is 5.41 Å². The molecule has 1 aliphatic rings. The van der Waals surface area contributed by atoms with Gasteiger partial charge in [-0.05, 0) is 25.7 Å². The van der Waals surface area contributed by atoms with Gasteiger partial charge in [-0.1, -0.05) is 13.8 Å². The maximum absolute atomic E-state index is 4.34. The topological polar surface area (TPSA) is 29.9 Å². The predicted octanol–water partition coefficient (Wildman–Crippen LogP) is 2.67. The molecule has 1 atom stereocenters. The summed E-state index contributed by atoms with van der Waals surface area (Å²) in [4.78, 5) is 4.34. The molecule has 1 heterocycles. The van der Waals surface area contributed by atoms with Crippen molar-refractivity contribution in [2.24, 2.45) is 5.41 Å². The van der Waals surface area contributed by atoms with Crippen LogP contribution < -0.4 is 5.32 Å². The lowest BCUT2D eigenvalue weighted by atomic mass is 10.2. The van der Waals surface area contributed by atoms with Crippen molar-refractivity contribution in [3.05, 3.63) is 12.4 Å². The molecule has 1 aliphatic carbocycles. The van der Waals surface area contributed by atoms with Crippen molar-refractivity contribution in [2.75, 3.05) is 5.32 Å². The third-order valence-electron chi connectivity index (χ3n) is 3.04. The number of imidazole rings is 1. The van der Waals surface area contributed by atoms with Crippen LogP contribution in [0.3, 0.4) is 0 Å². The van der Waals surface area contributed by atoms with E-state index in [2.05, 4.69) is 42.6 Å². The Bertz CT molecular complexity index is 325. The van der Waals surface area contributed by atoms with Gasteiger partial charge in [-0.2, -0.15) is 0 Å². The summed E-state index contributed by atoms with van der Waals surface area (Å²) < 4.78 is 2.17. The van der Waals surface area contributed by atoms with Crippen LogP contribution >= 0.6 is 0 Å². The molecule has 1 N–H and O–H groups in total. The van der Waals surface area contributed by atoms with Gasteiger partial charge in [0.25, 0.3) is 0 Å². The smallest absolute Gasteiger partial charge is 0.203 e. The molecule has 3 nitrogen and oxygen atoms in total. The zero-order chi connectivity index (χ0) is 10.3. The molecular formula is C11H19N3. The third-order valence-corrected chi connectivity index (χ3v) is 3.04. The first-order chi connectivity index (χ1) is 6.50. The van der Waals surface area contributed by atoms with Gasteiger partial charge in [0.15, 0.2) is 0 Å². The Morgan fingerprint density at radius 2 is 2.21 bits per heavy atom. The SMILES string of the molecule is CC(C)n1ccnc1NC1CC1(C)C. The number of hydrogen-bond acceptors (Lipinski definition) is 2. The fraction of sp³-hybridized carbons (Fsp3) is 0.727. The van der Waals surface area contributed by atoms with Crippen LogP contribution in [0.4, 0.5) is 5.95 Å². The standard InChI is InChI=1S/C11H19N3/c1-8(2)14-6-5-12-10(14)13-9-7-11(9,3)4/h5-6,8-9H,7H2,1-4H3,(H,12,13). The summed E-state index contributed by atoms with van der Waals surface area (Å²) in [7, 11) is 0. The van der Waals surface area contributed by atoms with Crippen molar-refractivity contribution in [3.63, 3.8) is 0 Å². The van der Waals surface area contributed by atoms with Gasteiger partial charge in [0.1, 0.15) is 0 Å². The number of nitrogens with one attached hydrogen (secondary N) is 1. The van der Waals surface area contributed by atoms with E-state index in [-0.39, 0.29) is 0 Å². The number of anilines is 1. The van der Waals surface area contributed by atoms with E-state index in [0.29, 0.717) is 17.5 Å². The summed E-state index contributed by atoms with van der Waals surface area (Å²) >= 11 is 0. The molecule has 1 aromatic heterocycles. The molecule has 1 unspecified atom stereocenters. The molecule has 0 spiro atoms. The Kier molecular flexibility index (Phi) is 2.05. The van der Waals surface area contributed by atoms with Gasteiger partial charge < -0.3 is 9.88 Å². The first-order valence-corrected chi connectivity index (χ1v) is 5.30. The number of nitrogens with zero attached hydrogens (tertiary/aromatic N) is 2. The predicted molar refractivity (Wildman–Crippen MR) is 58.4 cm³/mol. The van der Waals surface area contributed by atoms with Crippen LogP contribution in [-0.2, 0) is 0 Å². The van der Waals surface area contributed by atoms with E-state index >= 15 is 0 Å². The van der Waals surface area contributed by atoms with Gasteiger partial charge >= 0.3 is 0 Å². The molecule has 0 amide bonds. The van der Waals surface area contributed by atoms with E-state index < -0.39 is 0 Å². The Hall–Kier alpha value is -0.990. The van der Waals surface area contributed by atoms with Gasteiger partial charge in [-0.25, -0.2) is 4.98 Å². The molecule has 3 heteroatoms. The van der Waals surface area contributed by atoms with E-state index in [1.165, 1.54) is 6.42 Å². The average Bonchev–Trinajstić information content (AvgIpc) is 2.52. The van der Waals surface area contributed by atoms with Crippen LogP contribution in [0.5, 0.6) is 0 Å². The molecule has 0 aliphatic heterocycles. The minimum absolute atomic E-state index is 0.452. The van der Waals surface area contributed by atoms with E-state index in [9.17, 15) is 0 Å². The first kappa shape index (κ1) is 9.56. The van der Waals surface area contributed by atoms with Gasteiger partial charge in [-0.15, -0.1) is 0 Å². The van der Waals surface area contributed by atoms with E-state index in [4.69, 9.17) is 0 Å². The van der Waals surface area contributed by atoms with Gasteiger partial charge in [0, 0.05) is 24.5 Å². The van der Waals surface area contributed by atoms with Crippen LogP contribution in [0.25, 0.3) is 0 Å². The van der Waals surface area contributed by atoms with E-state index in [1.807, 2.05) is 12.4 Å². The second kappa shape index (κ2) is 3.01. The third kappa shape index (κ3) is 1.63. The maximum atomic E-state index is 4.34. The molecule has 2 rings (SSSR count). The summed E-state index contributed by atoms with van der Waals surface area (Å²) in [6, 6.07) is 1.07. The molecule has 0 saturated heterocycles. The molecule has 0 radical (unpaired) electrons. The highest BCUT2D eigenvalue weighted by molar-refractivity contribution is 5.33. The Balaban J connectivity index is 2.07. The summed E-state index contributed by atoms with van der Waals surface area (Å²) in [5.74, 6) is 1.01. The summed E-state index contributed by atoms with van der Waals surface area (Å²) in [6.07, 6.45) is 5.14. The lowest BCUT2D eigenvalue weighted by Crippen LogP contribution is -2.14. The summed E-state index contributed by atoms with van der Waals surface area (Å²) in [6.45, 7) is 8.91. The largest absolute Gasteiger partial charge is 0.352 e. The van der Waals surface area contributed by atoms with Crippen molar-refractivity contribution in [1.82, 2.24) is 9.55 Å². The van der Waals surface area contributed by atoms with Gasteiger partial charge in [-0.3, -0.25) is 0 Å². The lowest BCUT2D eigenvalue weighted by molar-refractivity contribution is 0.592. The maximum Gasteiger partial charge on any atom is 0.203 e. The van der Waals surface area contributed by atoms with Gasteiger partial charge in [0.2, 0.25) is 5.95 Å². The van der Waals surface area contributed by atoms with E-state index in [0.717, 1.165) is 5.95 Å². The molecule has 14 heavy (non-hydrogen) atoms. The quantitative estimate of drug-likeness (QED) is 0.799. The second-order valence-electron chi connectivity index (χ2n) is 5.14. The summed E-state index contributed by atoms with van der Waals surface area (Å²) in [5, 5.41) is 3.49. The molecule has 1 fully saturated rings. The Morgan fingerprint density at radius 3 is 2.71 bits per heavy atom. The fourth-order valence-electron chi connectivity index (χ4n) is 1.71. The van der Waals surface area contributed by atoms with Crippen molar-refractivity contribution < 1.29 is 0 Å². The monoisotopic (exact) mass is 193 g/mol. The first-order valence-electron chi connectivity index (χ1n) is 5.30. The minimum Gasteiger partial charge on any atom is -0.352 e. The van der Waals surface area contributed by atoms with Crippen LogP contribution in [0.15, 0.2) is 12.4 Å². The highest BCUT2D eigenvalue weighted by Crippen LogP contribution is 2.46. The molecular weight excluding hydrogens is 174 g/mol. The van der Waals surface area contributed by atoms with Crippen LogP contribution in [0.1, 0.15) is 40.2 Å². The molecule has 1 saturated carbocycles. The summed E-state index contributed by atoms with van der Waals surface area (Å²) in [5.41, 5.74) is 0.452. The molecule has 1 aromatic rings. The van der Waals surface area contributed by atoms with Crippen molar-refractivity contribution in [2.45, 2.75) is 46.2 Å². The fourth-order valence-corrected chi connectivity index (χ4v) is 1.71. The molecule has 0 aromatic carbocycles. The lowest BCUT2D eigenvalue weighted by Gasteiger charge is -2.13. The van der Waals surface area contributed by atoms with E-state index in [1.54, 1.807) is 0 Å². The normalized spacial score (nSPS) is 23.9. The van der Waals surface area contributed by atoms with Crippen LogP contribution in [-0.4, -0.2) is 15.6 Å². The Labute approximate surface area is 85.5 Å².